The van der Waals surface area contributed by atoms with Crippen LogP contribution in [0.1, 0.15) is 23.2 Å². The highest BCUT2D eigenvalue weighted by Gasteiger charge is 2.07. The first kappa shape index (κ1) is 14.6. The minimum absolute atomic E-state index is 0.727. The van der Waals surface area contributed by atoms with Gasteiger partial charge in [0.15, 0.2) is 5.82 Å². The fourth-order valence-electron chi connectivity index (χ4n) is 2.07. The highest BCUT2D eigenvalue weighted by molar-refractivity contribution is 7.09. The van der Waals surface area contributed by atoms with E-state index < -0.39 is 0 Å². The zero-order valence-corrected chi connectivity index (χ0v) is 13.4. The number of aromatic nitrogens is 4. The summed E-state index contributed by atoms with van der Waals surface area (Å²) in [6.07, 6.45) is 4.38. The van der Waals surface area contributed by atoms with Crippen molar-refractivity contribution in [3.8, 4) is 11.4 Å². The van der Waals surface area contributed by atoms with E-state index in [9.17, 15) is 0 Å². The second-order valence-electron chi connectivity index (χ2n) is 4.87. The van der Waals surface area contributed by atoms with Crippen LogP contribution in [0.15, 0.2) is 36.1 Å². The Hall–Kier alpha value is -2.34. The standard InChI is InChI=1S/C16H17N5S/c1-3-13-8-15(18-9-14-11(2)19-10-22-14)21-16(20-13)12-4-6-17-7-5-12/h4-8,10H,3,9H2,1-2H3,(H,18,20,21). The van der Waals surface area contributed by atoms with E-state index in [0.29, 0.717) is 0 Å². The summed E-state index contributed by atoms with van der Waals surface area (Å²) in [5.41, 5.74) is 4.93. The van der Waals surface area contributed by atoms with Crippen molar-refractivity contribution in [2.24, 2.45) is 0 Å². The summed E-state index contributed by atoms with van der Waals surface area (Å²) in [4.78, 5) is 18.7. The highest BCUT2D eigenvalue weighted by atomic mass is 32.1. The Balaban J connectivity index is 1.86. The smallest absolute Gasteiger partial charge is 0.161 e. The summed E-state index contributed by atoms with van der Waals surface area (Å²) < 4.78 is 0. The van der Waals surface area contributed by atoms with E-state index in [2.05, 4.69) is 32.2 Å². The molecule has 0 amide bonds. The van der Waals surface area contributed by atoms with Gasteiger partial charge in [-0.25, -0.2) is 15.0 Å². The van der Waals surface area contributed by atoms with Crippen molar-refractivity contribution in [2.45, 2.75) is 26.8 Å². The van der Waals surface area contributed by atoms with E-state index >= 15 is 0 Å². The van der Waals surface area contributed by atoms with Crippen LogP contribution in [0.25, 0.3) is 11.4 Å². The minimum atomic E-state index is 0.727. The van der Waals surface area contributed by atoms with Gasteiger partial charge in [-0.2, -0.15) is 0 Å². The molecule has 3 aromatic rings. The Morgan fingerprint density at radius 1 is 1.18 bits per heavy atom. The van der Waals surface area contributed by atoms with E-state index in [1.54, 1.807) is 23.7 Å². The van der Waals surface area contributed by atoms with Crippen LogP contribution >= 0.6 is 11.3 Å². The maximum absolute atomic E-state index is 4.61. The third-order valence-electron chi connectivity index (χ3n) is 3.35. The van der Waals surface area contributed by atoms with Crippen LogP contribution in [-0.4, -0.2) is 19.9 Å². The van der Waals surface area contributed by atoms with Crippen LogP contribution in [0.2, 0.25) is 0 Å². The maximum atomic E-state index is 4.61. The normalized spacial score (nSPS) is 10.6. The zero-order chi connectivity index (χ0) is 15.4. The minimum Gasteiger partial charge on any atom is -0.365 e. The van der Waals surface area contributed by atoms with Crippen molar-refractivity contribution >= 4 is 17.2 Å². The number of anilines is 1. The van der Waals surface area contributed by atoms with Crippen molar-refractivity contribution in [2.75, 3.05) is 5.32 Å². The van der Waals surface area contributed by atoms with Crippen molar-refractivity contribution in [1.29, 1.82) is 0 Å². The molecule has 0 saturated carbocycles. The van der Waals surface area contributed by atoms with Gasteiger partial charge < -0.3 is 5.32 Å². The molecule has 0 saturated heterocycles. The first-order chi connectivity index (χ1) is 10.8. The Bertz CT molecular complexity index is 754. The van der Waals surface area contributed by atoms with Crippen molar-refractivity contribution in [3.63, 3.8) is 0 Å². The summed E-state index contributed by atoms with van der Waals surface area (Å²) in [7, 11) is 0. The first-order valence-corrected chi connectivity index (χ1v) is 8.05. The average Bonchev–Trinajstić information content (AvgIpc) is 2.98. The lowest BCUT2D eigenvalue weighted by Crippen LogP contribution is -2.04. The second-order valence-corrected chi connectivity index (χ2v) is 5.81. The van der Waals surface area contributed by atoms with Crippen molar-refractivity contribution < 1.29 is 0 Å². The van der Waals surface area contributed by atoms with E-state index in [0.717, 1.165) is 41.6 Å². The molecule has 0 radical (unpaired) electrons. The molecule has 3 aromatic heterocycles. The maximum Gasteiger partial charge on any atom is 0.161 e. The number of thiazole rings is 1. The molecule has 1 N–H and O–H groups in total. The monoisotopic (exact) mass is 311 g/mol. The number of nitrogens with one attached hydrogen (secondary N) is 1. The van der Waals surface area contributed by atoms with Crippen LogP contribution in [0.3, 0.4) is 0 Å². The fourth-order valence-corrected chi connectivity index (χ4v) is 2.78. The predicted molar refractivity (Wildman–Crippen MR) is 88.8 cm³/mol. The molecule has 5 nitrogen and oxygen atoms in total. The second kappa shape index (κ2) is 6.62. The van der Waals surface area contributed by atoms with Gasteiger partial charge in [-0.15, -0.1) is 11.3 Å². The van der Waals surface area contributed by atoms with Crippen molar-refractivity contribution in [1.82, 2.24) is 19.9 Å². The molecule has 0 atom stereocenters. The summed E-state index contributed by atoms with van der Waals surface area (Å²) in [6.45, 7) is 4.84. The topological polar surface area (TPSA) is 63.6 Å². The number of hydrogen-bond donors (Lipinski definition) is 1. The van der Waals surface area contributed by atoms with Crippen LogP contribution in [0, 0.1) is 6.92 Å². The quantitative estimate of drug-likeness (QED) is 0.781. The molecular formula is C16H17N5S. The molecular weight excluding hydrogens is 294 g/mol. The Morgan fingerprint density at radius 3 is 2.68 bits per heavy atom. The molecule has 6 heteroatoms. The van der Waals surface area contributed by atoms with Gasteiger partial charge in [0, 0.05) is 34.6 Å². The van der Waals surface area contributed by atoms with Gasteiger partial charge in [0.05, 0.1) is 17.7 Å². The molecule has 0 unspecified atom stereocenters. The molecule has 0 aromatic carbocycles. The van der Waals surface area contributed by atoms with Gasteiger partial charge in [-0.05, 0) is 25.5 Å². The van der Waals surface area contributed by atoms with E-state index in [4.69, 9.17) is 0 Å². The SMILES string of the molecule is CCc1cc(NCc2scnc2C)nc(-c2ccncc2)n1. The number of pyridine rings is 1. The van der Waals surface area contributed by atoms with Gasteiger partial charge in [0.1, 0.15) is 5.82 Å². The Labute approximate surface area is 133 Å². The molecule has 0 spiro atoms. The van der Waals surface area contributed by atoms with Crippen LogP contribution in [0.4, 0.5) is 5.82 Å². The van der Waals surface area contributed by atoms with Gasteiger partial charge in [0.2, 0.25) is 0 Å². The Kier molecular flexibility index (Phi) is 4.39. The summed E-state index contributed by atoms with van der Waals surface area (Å²) in [5, 5.41) is 3.38. The molecule has 22 heavy (non-hydrogen) atoms. The Morgan fingerprint density at radius 2 is 2.00 bits per heavy atom. The molecule has 0 aliphatic heterocycles. The van der Waals surface area contributed by atoms with Crippen LogP contribution in [-0.2, 0) is 13.0 Å². The molecule has 0 fully saturated rings. The molecule has 0 bridgehead atoms. The number of nitrogens with zero attached hydrogens (tertiary/aromatic N) is 4. The lowest BCUT2D eigenvalue weighted by molar-refractivity contribution is 0.993. The summed E-state index contributed by atoms with van der Waals surface area (Å²) in [5.74, 6) is 1.57. The lowest BCUT2D eigenvalue weighted by atomic mass is 10.2. The molecule has 0 aliphatic rings. The summed E-state index contributed by atoms with van der Waals surface area (Å²) in [6, 6.07) is 5.85. The molecule has 0 aliphatic carbocycles. The van der Waals surface area contributed by atoms with Gasteiger partial charge >= 0.3 is 0 Å². The van der Waals surface area contributed by atoms with Crippen LogP contribution < -0.4 is 5.32 Å². The van der Waals surface area contributed by atoms with Crippen LogP contribution in [0.5, 0.6) is 0 Å². The van der Waals surface area contributed by atoms with E-state index in [1.165, 1.54) is 4.88 Å². The third kappa shape index (κ3) is 3.28. The average molecular weight is 311 g/mol. The fraction of sp³-hybridized carbons (Fsp3) is 0.250. The highest BCUT2D eigenvalue weighted by Crippen LogP contribution is 2.19. The molecule has 3 heterocycles. The van der Waals surface area contributed by atoms with Gasteiger partial charge in [-0.1, -0.05) is 6.92 Å². The predicted octanol–water partition coefficient (Wildman–Crippen LogP) is 3.48. The largest absolute Gasteiger partial charge is 0.365 e. The molecule has 3 rings (SSSR count). The first-order valence-electron chi connectivity index (χ1n) is 7.17. The third-order valence-corrected chi connectivity index (χ3v) is 4.29. The molecule has 112 valence electrons. The van der Waals surface area contributed by atoms with E-state index in [-0.39, 0.29) is 0 Å². The van der Waals surface area contributed by atoms with Gasteiger partial charge in [0.25, 0.3) is 0 Å². The number of aryl methyl sites for hydroxylation is 2. The zero-order valence-electron chi connectivity index (χ0n) is 12.6. The number of hydrogen-bond acceptors (Lipinski definition) is 6. The van der Waals surface area contributed by atoms with Gasteiger partial charge in [-0.3, -0.25) is 4.98 Å². The van der Waals surface area contributed by atoms with E-state index in [1.807, 2.05) is 30.6 Å². The van der Waals surface area contributed by atoms with Crippen molar-refractivity contribution in [3.05, 3.63) is 52.4 Å². The lowest BCUT2D eigenvalue weighted by Gasteiger charge is -2.09. The summed E-state index contributed by atoms with van der Waals surface area (Å²) >= 11 is 1.65. The number of rotatable bonds is 5.